The first kappa shape index (κ1) is 63.8. The van der Waals surface area contributed by atoms with Crippen molar-refractivity contribution in [2.24, 2.45) is 0 Å². The fraction of sp³-hybridized carbons (Fsp3) is 0.833. The van der Waals surface area contributed by atoms with Crippen molar-refractivity contribution in [3.8, 4) is 0 Å². The second-order valence-electron chi connectivity index (χ2n) is 19.6. The lowest BCUT2D eigenvalue weighted by molar-refractivity contribution is -0.143. The van der Waals surface area contributed by atoms with Crippen molar-refractivity contribution in [3.05, 3.63) is 48.6 Å². The Hall–Kier alpha value is -2.18. The molecule has 6 heteroatoms. The van der Waals surface area contributed by atoms with Gasteiger partial charge in [0.1, 0.15) is 0 Å². The molecule has 0 aliphatic heterocycles. The van der Waals surface area contributed by atoms with Gasteiger partial charge in [0, 0.05) is 12.8 Å². The van der Waals surface area contributed by atoms with Gasteiger partial charge in [-0.15, -0.1) is 0 Å². The Morgan fingerprint density at radius 2 is 0.788 bits per heavy atom. The lowest BCUT2D eigenvalue weighted by Gasteiger charge is -2.20. The van der Waals surface area contributed by atoms with Crippen LogP contribution in [0.2, 0.25) is 0 Å². The van der Waals surface area contributed by atoms with E-state index < -0.39 is 12.1 Å². The van der Waals surface area contributed by atoms with E-state index in [1.165, 1.54) is 173 Å². The van der Waals surface area contributed by atoms with Gasteiger partial charge in [-0.25, -0.2) is 0 Å². The number of esters is 1. The van der Waals surface area contributed by atoms with Crippen molar-refractivity contribution >= 4 is 11.9 Å². The van der Waals surface area contributed by atoms with Crippen LogP contribution in [-0.2, 0) is 14.3 Å². The molecule has 0 fully saturated rings. The molecule has 1 amide bonds. The van der Waals surface area contributed by atoms with Crippen molar-refractivity contribution < 1.29 is 24.5 Å². The number of rotatable bonds is 53. The fourth-order valence-corrected chi connectivity index (χ4v) is 8.61. The number of aliphatic hydroxyl groups excluding tert-OH is 2. The number of allylic oxidation sites excluding steroid dienone is 7. The molecule has 386 valence electrons. The molecule has 0 aliphatic rings. The van der Waals surface area contributed by atoms with E-state index in [4.69, 9.17) is 4.74 Å². The first-order valence-corrected chi connectivity index (χ1v) is 28.9. The summed E-state index contributed by atoms with van der Waals surface area (Å²) < 4.78 is 5.42. The van der Waals surface area contributed by atoms with Gasteiger partial charge in [-0.3, -0.25) is 9.59 Å². The molecular weight excluding hydrogens is 815 g/mol. The van der Waals surface area contributed by atoms with Gasteiger partial charge < -0.3 is 20.3 Å². The summed E-state index contributed by atoms with van der Waals surface area (Å²) >= 11 is 0. The number of nitrogens with one attached hydrogen (secondary N) is 1. The van der Waals surface area contributed by atoms with Gasteiger partial charge >= 0.3 is 5.97 Å². The van der Waals surface area contributed by atoms with Gasteiger partial charge in [-0.2, -0.15) is 0 Å². The SMILES string of the molecule is CCC/C=C\C/C=C\CCCCCCCC(=O)OCCCC/C=C\CCCCCCCC(=O)NC(CO)C(O)/C=C/CCCCCCCCCCCCCCCCCCCCCCCCC. The lowest BCUT2D eigenvalue weighted by atomic mass is 10.0. The van der Waals surface area contributed by atoms with Crippen LogP contribution < -0.4 is 5.32 Å². The minimum Gasteiger partial charge on any atom is -0.466 e. The smallest absolute Gasteiger partial charge is 0.305 e. The van der Waals surface area contributed by atoms with Crippen LogP contribution in [0.15, 0.2) is 48.6 Å². The second kappa shape index (κ2) is 55.4. The van der Waals surface area contributed by atoms with E-state index >= 15 is 0 Å². The van der Waals surface area contributed by atoms with Crippen molar-refractivity contribution in [1.29, 1.82) is 0 Å². The van der Waals surface area contributed by atoms with Crippen LogP contribution in [0.4, 0.5) is 0 Å². The van der Waals surface area contributed by atoms with Crippen LogP contribution in [-0.4, -0.2) is 47.4 Å². The highest BCUT2D eigenvalue weighted by Crippen LogP contribution is 2.17. The lowest BCUT2D eigenvalue weighted by Crippen LogP contribution is -2.45. The zero-order chi connectivity index (χ0) is 47.9. The molecule has 66 heavy (non-hydrogen) atoms. The second-order valence-corrected chi connectivity index (χ2v) is 19.6. The molecule has 0 heterocycles. The van der Waals surface area contributed by atoms with Crippen LogP contribution in [0, 0.1) is 0 Å². The predicted molar refractivity (Wildman–Crippen MR) is 287 cm³/mol. The summed E-state index contributed by atoms with van der Waals surface area (Å²) in [5, 5.41) is 23.2. The van der Waals surface area contributed by atoms with Gasteiger partial charge in [0.15, 0.2) is 0 Å². The maximum Gasteiger partial charge on any atom is 0.305 e. The molecule has 3 N–H and O–H groups in total. The van der Waals surface area contributed by atoms with E-state index in [1.54, 1.807) is 6.08 Å². The average Bonchev–Trinajstić information content (AvgIpc) is 3.32. The quantitative estimate of drug-likeness (QED) is 0.0321. The molecule has 0 aromatic rings. The Labute approximate surface area is 410 Å². The molecule has 0 aliphatic carbocycles. The molecule has 6 nitrogen and oxygen atoms in total. The molecule has 0 saturated carbocycles. The van der Waals surface area contributed by atoms with Gasteiger partial charge in [0.25, 0.3) is 0 Å². The average molecular weight is 927 g/mol. The Morgan fingerprint density at radius 3 is 1.23 bits per heavy atom. The van der Waals surface area contributed by atoms with Crippen molar-refractivity contribution in [3.63, 3.8) is 0 Å². The molecular formula is C60H111NO5. The summed E-state index contributed by atoms with van der Waals surface area (Å²) in [4.78, 5) is 24.5. The van der Waals surface area contributed by atoms with E-state index in [2.05, 4.69) is 55.6 Å². The Balaban J connectivity index is 3.55. The normalized spacial score (nSPS) is 13.0. The fourth-order valence-electron chi connectivity index (χ4n) is 8.61. The van der Waals surface area contributed by atoms with E-state index in [1.807, 2.05) is 6.08 Å². The van der Waals surface area contributed by atoms with Gasteiger partial charge in [-0.05, 0) is 83.5 Å². The number of carbonyl (C=O) groups excluding carboxylic acids is 2. The van der Waals surface area contributed by atoms with Crippen LogP contribution in [0.1, 0.15) is 296 Å². The number of carbonyl (C=O) groups is 2. The molecule has 0 saturated heterocycles. The number of hydrogen-bond acceptors (Lipinski definition) is 5. The maximum atomic E-state index is 12.5. The minimum absolute atomic E-state index is 0.0484. The van der Waals surface area contributed by atoms with Gasteiger partial charge in [0.2, 0.25) is 5.91 Å². The molecule has 0 spiro atoms. The van der Waals surface area contributed by atoms with Crippen LogP contribution in [0.25, 0.3) is 0 Å². The monoisotopic (exact) mass is 926 g/mol. The highest BCUT2D eigenvalue weighted by Gasteiger charge is 2.18. The molecule has 0 aromatic carbocycles. The first-order chi connectivity index (χ1) is 32.5. The van der Waals surface area contributed by atoms with Gasteiger partial charge in [-0.1, -0.05) is 249 Å². The van der Waals surface area contributed by atoms with E-state index in [0.29, 0.717) is 19.4 Å². The summed E-state index contributed by atoms with van der Waals surface area (Å²) in [7, 11) is 0. The summed E-state index contributed by atoms with van der Waals surface area (Å²) in [6, 6.07) is -0.652. The Kier molecular flexibility index (Phi) is 53.6. The number of hydrogen-bond donors (Lipinski definition) is 3. The summed E-state index contributed by atoms with van der Waals surface area (Å²) in [6.07, 6.45) is 70.0. The third-order valence-corrected chi connectivity index (χ3v) is 13.0. The predicted octanol–water partition coefficient (Wildman–Crippen LogP) is 17.8. The number of ether oxygens (including phenoxy) is 1. The number of unbranched alkanes of at least 4 members (excludes halogenated alkanes) is 36. The zero-order valence-corrected chi connectivity index (χ0v) is 43.9. The van der Waals surface area contributed by atoms with Crippen LogP contribution in [0.3, 0.4) is 0 Å². The maximum absolute atomic E-state index is 12.5. The molecule has 0 rings (SSSR count). The van der Waals surface area contributed by atoms with E-state index in [0.717, 1.165) is 96.3 Å². The van der Waals surface area contributed by atoms with Gasteiger partial charge in [0.05, 0.1) is 25.4 Å². The topological polar surface area (TPSA) is 95.9 Å². The summed E-state index contributed by atoms with van der Waals surface area (Å²) in [5.74, 6) is -0.145. The molecule has 0 radical (unpaired) electrons. The third-order valence-electron chi connectivity index (χ3n) is 13.0. The minimum atomic E-state index is -0.866. The molecule has 2 unspecified atom stereocenters. The Bertz CT molecular complexity index is 1110. The molecule has 0 aromatic heterocycles. The van der Waals surface area contributed by atoms with Crippen molar-refractivity contribution in [2.75, 3.05) is 13.2 Å². The molecule has 2 atom stereocenters. The van der Waals surface area contributed by atoms with Crippen LogP contribution in [0.5, 0.6) is 0 Å². The van der Waals surface area contributed by atoms with E-state index in [-0.39, 0.29) is 18.5 Å². The van der Waals surface area contributed by atoms with E-state index in [9.17, 15) is 19.8 Å². The highest BCUT2D eigenvalue weighted by atomic mass is 16.5. The molecule has 0 bridgehead atoms. The van der Waals surface area contributed by atoms with Crippen molar-refractivity contribution in [2.45, 2.75) is 309 Å². The Morgan fingerprint density at radius 1 is 0.424 bits per heavy atom. The van der Waals surface area contributed by atoms with Crippen LogP contribution >= 0.6 is 0 Å². The summed E-state index contributed by atoms with van der Waals surface area (Å²) in [5.41, 5.74) is 0. The highest BCUT2D eigenvalue weighted by molar-refractivity contribution is 5.76. The standard InChI is InChI=1S/C60H111NO5/c1-3-5-7-9-11-13-15-17-18-19-20-21-22-23-24-25-26-27-28-30-32-36-40-44-48-52-58(63)57(56-62)61-59(64)53-49-45-41-37-33-31-35-39-43-47-51-55-66-60(65)54-50-46-42-38-34-29-16-14-12-10-8-6-4-2/h8,10,14,16,35,39,48,52,57-58,62-63H,3-7,9,11-13,15,17-34,36-38,40-47,49-51,53-56H2,1-2H3,(H,61,64)/b10-8-,16-14-,39-35-,52-48+. The van der Waals surface area contributed by atoms with Crippen molar-refractivity contribution in [1.82, 2.24) is 5.32 Å². The largest absolute Gasteiger partial charge is 0.466 e. The first-order valence-electron chi connectivity index (χ1n) is 28.9. The zero-order valence-electron chi connectivity index (χ0n) is 43.9. The summed E-state index contributed by atoms with van der Waals surface area (Å²) in [6.45, 7) is 4.76. The number of amides is 1. The third kappa shape index (κ3) is 51.2. The number of aliphatic hydroxyl groups is 2.